The summed E-state index contributed by atoms with van der Waals surface area (Å²) < 4.78 is 12.0. The van der Waals surface area contributed by atoms with Gasteiger partial charge in [-0.3, -0.25) is 0 Å². The Morgan fingerprint density at radius 2 is 1.92 bits per heavy atom. The number of hydrogen-bond donors (Lipinski definition) is 1. The molecular formula is C21H30O3. The molecule has 1 saturated heterocycles. The van der Waals surface area contributed by atoms with E-state index in [0.717, 1.165) is 62.7 Å². The summed E-state index contributed by atoms with van der Waals surface area (Å²) in [4.78, 5) is 0. The van der Waals surface area contributed by atoms with Gasteiger partial charge in [0.15, 0.2) is 5.79 Å². The first-order valence-electron chi connectivity index (χ1n) is 9.87. The summed E-state index contributed by atoms with van der Waals surface area (Å²) in [5.41, 5.74) is 4.54. The Hall–Kier alpha value is -0.640. The summed E-state index contributed by atoms with van der Waals surface area (Å²) in [6, 6.07) is 0. The lowest BCUT2D eigenvalue weighted by Gasteiger charge is -2.52. The predicted molar refractivity (Wildman–Crippen MR) is 92.3 cm³/mol. The highest BCUT2D eigenvalue weighted by atomic mass is 16.7. The molecule has 5 rings (SSSR count). The Kier molecular flexibility index (Phi) is 3.37. The second-order valence-corrected chi connectivity index (χ2v) is 9.14. The van der Waals surface area contributed by atoms with Gasteiger partial charge in [0.25, 0.3) is 0 Å². The summed E-state index contributed by atoms with van der Waals surface area (Å²) in [5, 5.41) is 10.7. The van der Waals surface area contributed by atoms with Crippen molar-refractivity contribution in [2.24, 2.45) is 23.2 Å². The zero-order valence-corrected chi connectivity index (χ0v) is 14.9. The minimum atomic E-state index is -0.285. The van der Waals surface area contributed by atoms with E-state index in [1.165, 1.54) is 19.3 Å². The minimum Gasteiger partial charge on any atom is -0.388 e. The lowest BCUT2D eigenvalue weighted by Crippen LogP contribution is -2.46. The third-order valence-electron chi connectivity index (χ3n) is 8.12. The number of allylic oxidation sites excluding steroid dienone is 1. The Labute approximate surface area is 145 Å². The Morgan fingerprint density at radius 3 is 2.71 bits per heavy atom. The first-order chi connectivity index (χ1) is 11.5. The monoisotopic (exact) mass is 330 g/mol. The van der Waals surface area contributed by atoms with Gasteiger partial charge in [-0.05, 0) is 61.9 Å². The first kappa shape index (κ1) is 15.6. The van der Waals surface area contributed by atoms with Crippen molar-refractivity contribution >= 4 is 0 Å². The van der Waals surface area contributed by atoms with E-state index in [4.69, 9.17) is 9.47 Å². The van der Waals surface area contributed by atoms with Crippen molar-refractivity contribution in [1.29, 1.82) is 0 Å². The highest BCUT2D eigenvalue weighted by molar-refractivity contribution is 5.30. The molecule has 0 amide bonds. The van der Waals surface area contributed by atoms with Crippen LogP contribution in [0.5, 0.6) is 0 Å². The molecule has 4 aliphatic carbocycles. The lowest BCUT2D eigenvalue weighted by molar-refractivity contribution is -0.166. The van der Waals surface area contributed by atoms with Crippen molar-refractivity contribution in [2.45, 2.75) is 70.2 Å². The largest absolute Gasteiger partial charge is 0.388 e. The highest BCUT2D eigenvalue weighted by Gasteiger charge is 2.57. The number of ether oxygens (including phenoxy) is 2. The van der Waals surface area contributed by atoms with Crippen LogP contribution in [-0.4, -0.2) is 30.2 Å². The smallest absolute Gasteiger partial charge is 0.172 e. The molecule has 132 valence electrons. The number of rotatable bonds is 0. The van der Waals surface area contributed by atoms with Gasteiger partial charge in [0.2, 0.25) is 0 Å². The third kappa shape index (κ3) is 2.01. The average Bonchev–Trinajstić information content (AvgIpc) is 3.12. The summed E-state index contributed by atoms with van der Waals surface area (Å²) in [5.74, 6) is 1.83. The molecule has 0 radical (unpaired) electrons. The van der Waals surface area contributed by atoms with Crippen molar-refractivity contribution in [3.63, 3.8) is 0 Å². The van der Waals surface area contributed by atoms with Crippen LogP contribution in [0.4, 0.5) is 0 Å². The second-order valence-electron chi connectivity index (χ2n) is 9.14. The highest BCUT2D eigenvalue weighted by Crippen LogP contribution is 2.62. The van der Waals surface area contributed by atoms with Crippen LogP contribution in [0.1, 0.15) is 58.3 Å². The lowest BCUT2D eigenvalue weighted by atomic mass is 9.54. The van der Waals surface area contributed by atoms with Gasteiger partial charge in [-0.1, -0.05) is 24.6 Å². The number of hydrogen-bond acceptors (Lipinski definition) is 3. The summed E-state index contributed by atoms with van der Waals surface area (Å²) in [6.07, 6.45) is 8.83. The molecular weight excluding hydrogens is 300 g/mol. The number of aliphatic hydroxyl groups is 1. The molecule has 1 spiro atoms. The molecule has 1 aliphatic heterocycles. The first-order valence-corrected chi connectivity index (χ1v) is 9.87. The van der Waals surface area contributed by atoms with Gasteiger partial charge in [0.05, 0.1) is 19.3 Å². The van der Waals surface area contributed by atoms with Gasteiger partial charge in [-0.15, -0.1) is 0 Å². The van der Waals surface area contributed by atoms with Crippen LogP contribution in [0.2, 0.25) is 0 Å². The average molecular weight is 330 g/mol. The molecule has 0 aromatic rings. The fourth-order valence-corrected chi connectivity index (χ4v) is 6.86. The standard InChI is InChI=1S/C21H30O3/c1-13-11-18-17-4-3-14-12-21(23-9-10-24-21)8-6-15(14)16(17)5-7-20(18,2)19(13)22/h16-19,22H,1,3-12H2,2H3/t16-,17-,18+,19-,20+/m1/s1. The molecule has 24 heavy (non-hydrogen) atoms. The van der Waals surface area contributed by atoms with Gasteiger partial charge in [-0.2, -0.15) is 0 Å². The van der Waals surface area contributed by atoms with Crippen molar-refractivity contribution in [3.05, 3.63) is 23.3 Å². The van der Waals surface area contributed by atoms with Crippen LogP contribution in [0.15, 0.2) is 23.3 Å². The molecule has 0 bridgehead atoms. The van der Waals surface area contributed by atoms with Crippen molar-refractivity contribution in [1.82, 2.24) is 0 Å². The van der Waals surface area contributed by atoms with Crippen LogP contribution < -0.4 is 0 Å². The molecule has 0 aromatic carbocycles. The zero-order valence-electron chi connectivity index (χ0n) is 14.9. The molecule has 5 aliphatic rings. The molecule has 3 nitrogen and oxygen atoms in total. The van der Waals surface area contributed by atoms with E-state index < -0.39 is 0 Å². The Morgan fingerprint density at radius 1 is 1.12 bits per heavy atom. The maximum absolute atomic E-state index is 10.7. The molecule has 1 N–H and O–H groups in total. The van der Waals surface area contributed by atoms with Crippen molar-refractivity contribution in [3.8, 4) is 0 Å². The van der Waals surface area contributed by atoms with Crippen LogP contribution in [0, 0.1) is 23.2 Å². The Bertz CT molecular complexity index is 600. The van der Waals surface area contributed by atoms with Gasteiger partial charge in [-0.25, -0.2) is 0 Å². The normalized spacial score (nSPS) is 46.8. The van der Waals surface area contributed by atoms with Gasteiger partial charge in [0, 0.05) is 18.3 Å². The molecule has 5 atom stereocenters. The molecule has 1 heterocycles. The molecule has 3 fully saturated rings. The van der Waals surface area contributed by atoms with E-state index in [-0.39, 0.29) is 17.3 Å². The van der Waals surface area contributed by atoms with E-state index in [1.54, 1.807) is 11.1 Å². The van der Waals surface area contributed by atoms with E-state index >= 15 is 0 Å². The quantitative estimate of drug-likeness (QED) is 0.683. The van der Waals surface area contributed by atoms with Crippen molar-refractivity contribution in [2.75, 3.05) is 13.2 Å². The zero-order chi connectivity index (χ0) is 16.5. The van der Waals surface area contributed by atoms with Crippen LogP contribution in [-0.2, 0) is 9.47 Å². The predicted octanol–water partition coefficient (Wildman–Crippen LogP) is 3.97. The molecule has 0 aromatic heterocycles. The maximum Gasteiger partial charge on any atom is 0.172 e. The van der Waals surface area contributed by atoms with E-state index in [0.29, 0.717) is 5.92 Å². The molecule has 3 heteroatoms. The molecule has 2 saturated carbocycles. The van der Waals surface area contributed by atoms with E-state index in [2.05, 4.69) is 13.5 Å². The summed E-state index contributed by atoms with van der Waals surface area (Å²) >= 11 is 0. The van der Waals surface area contributed by atoms with E-state index in [9.17, 15) is 5.11 Å². The second kappa shape index (κ2) is 5.18. The van der Waals surface area contributed by atoms with Crippen molar-refractivity contribution < 1.29 is 14.6 Å². The third-order valence-corrected chi connectivity index (χ3v) is 8.12. The van der Waals surface area contributed by atoms with Crippen LogP contribution >= 0.6 is 0 Å². The number of fused-ring (bicyclic) bond motifs is 4. The summed E-state index contributed by atoms with van der Waals surface area (Å²) in [7, 11) is 0. The topological polar surface area (TPSA) is 38.7 Å². The van der Waals surface area contributed by atoms with Gasteiger partial charge in [0.1, 0.15) is 0 Å². The van der Waals surface area contributed by atoms with Gasteiger partial charge < -0.3 is 14.6 Å². The van der Waals surface area contributed by atoms with Crippen LogP contribution in [0.3, 0.4) is 0 Å². The Balaban J connectivity index is 1.44. The van der Waals surface area contributed by atoms with Crippen LogP contribution in [0.25, 0.3) is 0 Å². The SMILES string of the molecule is C=C1C[C@H]2[C@@H]3CCC4=C(CCC5(C4)OCCO5)[C@H]3CC[C@]2(C)[C@@H]1O. The van der Waals surface area contributed by atoms with Gasteiger partial charge >= 0.3 is 0 Å². The molecule has 0 unspecified atom stereocenters. The number of aliphatic hydroxyl groups excluding tert-OH is 1. The minimum absolute atomic E-state index is 0.0733. The maximum atomic E-state index is 10.7. The fraction of sp³-hybridized carbons (Fsp3) is 0.810. The van der Waals surface area contributed by atoms with E-state index in [1.807, 2.05) is 0 Å². The summed E-state index contributed by atoms with van der Waals surface area (Å²) in [6.45, 7) is 8.01. The fourth-order valence-electron chi connectivity index (χ4n) is 6.86.